The summed E-state index contributed by atoms with van der Waals surface area (Å²) >= 11 is 0. The minimum Gasteiger partial charge on any atom is -0.494 e. The van der Waals surface area contributed by atoms with Crippen LogP contribution in [0.2, 0.25) is 0 Å². The molecule has 0 aromatic heterocycles. The molecule has 1 aromatic carbocycles. The van der Waals surface area contributed by atoms with Gasteiger partial charge in [-0.2, -0.15) is 0 Å². The number of amides is 2. The zero-order valence-corrected chi connectivity index (χ0v) is 11.0. The van der Waals surface area contributed by atoms with E-state index in [1.54, 1.807) is 0 Å². The molecule has 7 nitrogen and oxygen atoms in total. The molecule has 0 bridgehead atoms. The van der Waals surface area contributed by atoms with E-state index in [-0.39, 0.29) is 12.3 Å². The molecule has 0 saturated carbocycles. The molecular formula is C12H15FN2O5. The molecule has 0 aliphatic heterocycles. The quantitative estimate of drug-likeness (QED) is 0.726. The fraction of sp³-hybridized carbons (Fsp3) is 0.333. The molecule has 3 N–H and O–H groups in total. The van der Waals surface area contributed by atoms with E-state index in [1.807, 2.05) is 0 Å². The van der Waals surface area contributed by atoms with Crippen molar-refractivity contribution in [2.24, 2.45) is 0 Å². The Bertz CT molecular complexity index is 495. The molecule has 0 fully saturated rings. The number of halogens is 1. The van der Waals surface area contributed by atoms with Crippen LogP contribution in [0.15, 0.2) is 18.2 Å². The lowest BCUT2D eigenvalue weighted by Gasteiger charge is -2.12. The van der Waals surface area contributed by atoms with Gasteiger partial charge in [0.25, 0.3) is 0 Å². The van der Waals surface area contributed by atoms with E-state index < -0.39 is 23.9 Å². The van der Waals surface area contributed by atoms with Gasteiger partial charge in [0, 0.05) is 18.9 Å². The Morgan fingerprint density at radius 2 is 2.10 bits per heavy atom. The van der Waals surface area contributed by atoms with Gasteiger partial charge in [-0.1, -0.05) is 0 Å². The number of rotatable bonds is 6. The largest absolute Gasteiger partial charge is 0.494 e. The van der Waals surface area contributed by atoms with Crippen molar-refractivity contribution in [1.29, 1.82) is 0 Å². The third-order valence-electron chi connectivity index (χ3n) is 2.42. The molecule has 0 radical (unpaired) electrons. The molecule has 0 saturated heterocycles. The highest BCUT2D eigenvalue weighted by molar-refractivity contribution is 5.89. The maximum atomic E-state index is 13.2. The topological polar surface area (TPSA) is 96.9 Å². The van der Waals surface area contributed by atoms with Crippen molar-refractivity contribution in [2.45, 2.75) is 6.10 Å². The lowest BCUT2D eigenvalue weighted by atomic mass is 10.3. The first kappa shape index (κ1) is 15.7. The number of carbonyl (C=O) groups excluding carboxylic acids is 1. The van der Waals surface area contributed by atoms with Gasteiger partial charge in [-0.05, 0) is 12.1 Å². The lowest BCUT2D eigenvalue weighted by Crippen LogP contribution is -2.39. The smallest absolute Gasteiger partial charge is 0.334 e. The summed E-state index contributed by atoms with van der Waals surface area (Å²) in [5.74, 6) is -1.75. The fourth-order valence-electron chi connectivity index (χ4n) is 1.37. The van der Waals surface area contributed by atoms with Crippen molar-refractivity contribution >= 4 is 17.7 Å². The highest BCUT2D eigenvalue weighted by atomic mass is 19.1. The monoisotopic (exact) mass is 286 g/mol. The van der Waals surface area contributed by atoms with Crippen LogP contribution in [0.1, 0.15) is 0 Å². The van der Waals surface area contributed by atoms with E-state index in [0.29, 0.717) is 5.69 Å². The Hall–Kier alpha value is -2.35. The number of urea groups is 1. The predicted octanol–water partition coefficient (Wildman–Crippen LogP) is 1.06. The summed E-state index contributed by atoms with van der Waals surface area (Å²) in [6.07, 6.45) is -1.14. The molecule has 1 rings (SSSR count). The lowest BCUT2D eigenvalue weighted by molar-refractivity contribution is -0.147. The predicted molar refractivity (Wildman–Crippen MR) is 68.4 cm³/mol. The average Bonchev–Trinajstić information content (AvgIpc) is 2.41. The maximum Gasteiger partial charge on any atom is 0.334 e. The third-order valence-corrected chi connectivity index (χ3v) is 2.42. The van der Waals surface area contributed by atoms with E-state index in [0.717, 1.165) is 6.07 Å². The normalized spacial score (nSPS) is 11.6. The Morgan fingerprint density at radius 1 is 1.40 bits per heavy atom. The highest BCUT2D eigenvalue weighted by Gasteiger charge is 2.17. The van der Waals surface area contributed by atoms with Crippen LogP contribution in [-0.2, 0) is 9.53 Å². The first-order valence-corrected chi connectivity index (χ1v) is 5.62. The summed E-state index contributed by atoms with van der Waals surface area (Å²) in [7, 11) is 2.53. The third kappa shape index (κ3) is 4.39. The molecule has 0 spiro atoms. The van der Waals surface area contributed by atoms with Gasteiger partial charge in [-0.3, -0.25) is 0 Å². The van der Waals surface area contributed by atoms with Crippen molar-refractivity contribution < 1.29 is 28.6 Å². The van der Waals surface area contributed by atoms with Gasteiger partial charge in [0.2, 0.25) is 0 Å². The second-order valence-corrected chi connectivity index (χ2v) is 3.75. The summed E-state index contributed by atoms with van der Waals surface area (Å²) in [6, 6.07) is 3.16. The number of benzene rings is 1. The number of carbonyl (C=O) groups is 2. The number of methoxy groups -OCH3 is 2. The first-order valence-electron chi connectivity index (χ1n) is 5.62. The Kier molecular flexibility index (Phi) is 5.73. The second-order valence-electron chi connectivity index (χ2n) is 3.75. The van der Waals surface area contributed by atoms with Crippen molar-refractivity contribution in [3.63, 3.8) is 0 Å². The molecule has 2 amide bonds. The number of ether oxygens (including phenoxy) is 2. The second kappa shape index (κ2) is 7.29. The maximum absolute atomic E-state index is 13.2. The Balaban J connectivity index is 2.56. The van der Waals surface area contributed by atoms with E-state index >= 15 is 0 Å². The van der Waals surface area contributed by atoms with Crippen molar-refractivity contribution in [1.82, 2.24) is 5.32 Å². The van der Waals surface area contributed by atoms with E-state index in [1.165, 1.54) is 26.4 Å². The van der Waals surface area contributed by atoms with Crippen LogP contribution in [0.25, 0.3) is 0 Å². The zero-order chi connectivity index (χ0) is 15.1. The minimum atomic E-state index is -1.18. The van der Waals surface area contributed by atoms with Crippen LogP contribution in [0, 0.1) is 5.82 Å². The van der Waals surface area contributed by atoms with Crippen molar-refractivity contribution in [3.05, 3.63) is 24.0 Å². The summed E-state index contributed by atoms with van der Waals surface area (Å²) < 4.78 is 22.6. The molecule has 110 valence electrons. The SMILES string of the molecule is COc1cc(NC(=O)NCC(OC)C(=O)O)ccc1F. The van der Waals surface area contributed by atoms with Crippen LogP contribution in [0.4, 0.5) is 14.9 Å². The van der Waals surface area contributed by atoms with E-state index in [2.05, 4.69) is 15.4 Å². The van der Waals surface area contributed by atoms with Crippen LogP contribution in [0.3, 0.4) is 0 Å². The van der Waals surface area contributed by atoms with Crippen LogP contribution < -0.4 is 15.4 Å². The van der Waals surface area contributed by atoms with E-state index in [4.69, 9.17) is 9.84 Å². The van der Waals surface area contributed by atoms with Crippen molar-refractivity contribution in [2.75, 3.05) is 26.1 Å². The van der Waals surface area contributed by atoms with Gasteiger partial charge in [-0.25, -0.2) is 14.0 Å². The number of carboxylic acid groups (broad SMARTS) is 1. The van der Waals surface area contributed by atoms with Gasteiger partial charge < -0.3 is 25.2 Å². The fourth-order valence-corrected chi connectivity index (χ4v) is 1.37. The Morgan fingerprint density at radius 3 is 2.65 bits per heavy atom. The molecule has 1 aromatic rings. The molecule has 0 heterocycles. The number of nitrogens with one attached hydrogen (secondary N) is 2. The number of hydrogen-bond donors (Lipinski definition) is 3. The number of hydrogen-bond acceptors (Lipinski definition) is 4. The zero-order valence-electron chi connectivity index (χ0n) is 11.0. The van der Waals surface area contributed by atoms with Crippen LogP contribution in [-0.4, -0.2) is 44.0 Å². The molecule has 8 heteroatoms. The molecule has 1 unspecified atom stereocenters. The molecule has 0 aliphatic rings. The average molecular weight is 286 g/mol. The molecule has 20 heavy (non-hydrogen) atoms. The first-order chi connectivity index (χ1) is 9.47. The van der Waals surface area contributed by atoms with Gasteiger partial charge >= 0.3 is 12.0 Å². The van der Waals surface area contributed by atoms with E-state index in [9.17, 15) is 14.0 Å². The standard InChI is InChI=1S/C12H15FN2O5/c1-19-9-5-7(3-4-8(9)13)15-12(18)14-6-10(20-2)11(16)17/h3-5,10H,6H2,1-2H3,(H,16,17)(H2,14,15,18). The Labute approximate surface area is 114 Å². The van der Waals surface area contributed by atoms with Crippen LogP contribution in [0.5, 0.6) is 5.75 Å². The molecular weight excluding hydrogens is 271 g/mol. The molecule has 0 aliphatic carbocycles. The van der Waals surface area contributed by atoms with Crippen molar-refractivity contribution in [3.8, 4) is 5.75 Å². The summed E-state index contributed by atoms with van der Waals surface area (Å²) in [5.41, 5.74) is 0.310. The minimum absolute atomic E-state index is 0.0110. The highest BCUT2D eigenvalue weighted by Crippen LogP contribution is 2.21. The van der Waals surface area contributed by atoms with Gasteiger partial charge in [0.05, 0.1) is 13.7 Å². The summed E-state index contributed by atoms with van der Waals surface area (Å²) in [6.45, 7) is -0.198. The van der Waals surface area contributed by atoms with Gasteiger partial charge in [-0.15, -0.1) is 0 Å². The number of carboxylic acids is 1. The number of aliphatic carboxylic acids is 1. The van der Waals surface area contributed by atoms with Crippen LogP contribution >= 0.6 is 0 Å². The van der Waals surface area contributed by atoms with Gasteiger partial charge in [0.1, 0.15) is 0 Å². The summed E-state index contributed by atoms with van der Waals surface area (Å²) in [5, 5.41) is 13.5. The van der Waals surface area contributed by atoms with Gasteiger partial charge in [0.15, 0.2) is 17.7 Å². The summed E-state index contributed by atoms with van der Waals surface area (Å²) in [4.78, 5) is 22.2. The molecule has 1 atom stereocenters. The number of anilines is 1.